The maximum atomic E-state index is 11.8. The molecule has 0 bridgehead atoms. The van der Waals surface area contributed by atoms with Gasteiger partial charge in [0.2, 0.25) is 0 Å². The molecular formula is C14H19NO2S. The van der Waals surface area contributed by atoms with Crippen LogP contribution in [0, 0.1) is 12.8 Å². The second kappa shape index (κ2) is 5.65. The molecule has 2 rings (SSSR count). The third kappa shape index (κ3) is 2.99. The molecular weight excluding hydrogens is 246 g/mol. The molecule has 0 amide bonds. The molecule has 4 heteroatoms. The first kappa shape index (κ1) is 13.3. The smallest absolute Gasteiger partial charge is 0.334 e. The Hall–Kier alpha value is -1.16. The van der Waals surface area contributed by atoms with Crippen LogP contribution in [0.3, 0.4) is 0 Å². The van der Waals surface area contributed by atoms with E-state index in [1.165, 1.54) is 4.88 Å². The van der Waals surface area contributed by atoms with Gasteiger partial charge in [-0.15, -0.1) is 11.3 Å². The molecule has 0 saturated heterocycles. The van der Waals surface area contributed by atoms with Crippen LogP contribution in [0.1, 0.15) is 37.3 Å². The van der Waals surface area contributed by atoms with E-state index in [2.05, 4.69) is 11.9 Å². The van der Waals surface area contributed by atoms with Crippen LogP contribution in [-0.4, -0.2) is 17.1 Å². The van der Waals surface area contributed by atoms with Gasteiger partial charge < -0.3 is 4.74 Å². The highest BCUT2D eigenvalue weighted by molar-refractivity contribution is 7.09. The summed E-state index contributed by atoms with van der Waals surface area (Å²) in [6, 6.07) is 0. The highest BCUT2D eigenvalue weighted by Gasteiger charge is 2.24. The summed E-state index contributed by atoms with van der Waals surface area (Å²) in [5.41, 5.74) is 3.82. The fourth-order valence-corrected chi connectivity index (χ4v) is 2.75. The predicted octanol–water partition coefficient (Wildman–Crippen LogP) is 3.28. The summed E-state index contributed by atoms with van der Waals surface area (Å²) in [5, 5.41) is 0. The minimum Gasteiger partial charge on any atom is -0.459 e. The largest absolute Gasteiger partial charge is 0.459 e. The lowest BCUT2D eigenvalue weighted by Gasteiger charge is -2.23. The quantitative estimate of drug-likeness (QED) is 0.784. The second-order valence-corrected chi connectivity index (χ2v) is 6.03. The first-order valence-electron chi connectivity index (χ1n) is 6.38. The Labute approximate surface area is 112 Å². The zero-order valence-electron chi connectivity index (χ0n) is 11.1. The van der Waals surface area contributed by atoms with Crippen molar-refractivity contribution in [1.29, 1.82) is 0 Å². The van der Waals surface area contributed by atoms with Gasteiger partial charge in [0, 0.05) is 16.9 Å². The van der Waals surface area contributed by atoms with Crippen LogP contribution in [0.5, 0.6) is 0 Å². The summed E-state index contributed by atoms with van der Waals surface area (Å²) in [6.07, 6.45) is 4.63. The Morgan fingerprint density at radius 3 is 2.89 bits per heavy atom. The Balaban J connectivity index is 1.90. The zero-order chi connectivity index (χ0) is 13.1. The molecule has 1 aromatic heterocycles. The zero-order valence-corrected chi connectivity index (χ0v) is 11.9. The molecule has 2 heterocycles. The van der Waals surface area contributed by atoms with Gasteiger partial charge in [-0.3, -0.25) is 0 Å². The Morgan fingerprint density at radius 2 is 2.33 bits per heavy atom. The van der Waals surface area contributed by atoms with Gasteiger partial charge >= 0.3 is 5.97 Å². The van der Waals surface area contributed by atoms with Crippen molar-refractivity contribution < 1.29 is 9.53 Å². The molecule has 1 aromatic rings. The van der Waals surface area contributed by atoms with E-state index in [9.17, 15) is 4.79 Å². The van der Waals surface area contributed by atoms with Gasteiger partial charge in [0.05, 0.1) is 11.2 Å². The van der Waals surface area contributed by atoms with Crippen LogP contribution in [0.2, 0.25) is 0 Å². The lowest BCUT2D eigenvalue weighted by Crippen LogP contribution is -2.26. The Kier molecular flexibility index (Phi) is 4.17. The summed E-state index contributed by atoms with van der Waals surface area (Å²) in [4.78, 5) is 17.4. The first-order valence-corrected chi connectivity index (χ1v) is 7.26. The number of carbonyl (C=O) groups is 1. The number of ether oxygens (including phenoxy) is 1. The van der Waals surface area contributed by atoms with E-state index in [1.807, 2.05) is 25.4 Å². The molecule has 1 unspecified atom stereocenters. The second-order valence-electron chi connectivity index (χ2n) is 4.97. The standard InChI is InChI=1S/C14H19NO2S/c1-9(2)12-6-4-11(17-14(12)16)5-7-13-10(3)18-8-15-13/h6,8-9,11H,4-5,7H2,1-3H3. The van der Waals surface area contributed by atoms with Crippen LogP contribution < -0.4 is 0 Å². The number of hydrogen-bond donors (Lipinski definition) is 0. The highest BCUT2D eigenvalue weighted by atomic mass is 32.1. The van der Waals surface area contributed by atoms with Gasteiger partial charge in [-0.2, -0.15) is 0 Å². The van der Waals surface area contributed by atoms with E-state index in [-0.39, 0.29) is 18.0 Å². The summed E-state index contributed by atoms with van der Waals surface area (Å²) in [7, 11) is 0. The molecule has 3 nitrogen and oxygen atoms in total. The van der Waals surface area contributed by atoms with Gasteiger partial charge in [0.15, 0.2) is 0 Å². The van der Waals surface area contributed by atoms with Gasteiger partial charge in [-0.1, -0.05) is 19.9 Å². The maximum Gasteiger partial charge on any atom is 0.334 e. The molecule has 1 aliphatic heterocycles. The first-order chi connectivity index (χ1) is 8.58. The van der Waals surface area contributed by atoms with Crippen molar-refractivity contribution in [3.8, 4) is 0 Å². The van der Waals surface area contributed by atoms with E-state index in [0.29, 0.717) is 0 Å². The number of aromatic nitrogens is 1. The Morgan fingerprint density at radius 1 is 1.56 bits per heavy atom. The van der Waals surface area contributed by atoms with Crippen LogP contribution in [0.4, 0.5) is 0 Å². The fourth-order valence-electron chi connectivity index (χ4n) is 2.12. The Bertz CT molecular complexity index is 462. The average molecular weight is 265 g/mol. The highest BCUT2D eigenvalue weighted by Crippen LogP contribution is 2.23. The number of hydrogen-bond acceptors (Lipinski definition) is 4. The molecule has 0 fully saturated rings. The number of carbonyl (C=O) groups excluding carboxylic acids is 1. The summed E-state index contributed by atoms with van der Waals surface area (Å²) >= 11 is 1.67. The van der Waals surface area contributed by atoms with Crippen molar-refractivity contribution in [1.82, 2.24) is 4.98 Å². The molecule has 0 saturated carbocycles. The maximum absolute atomic E-state index is 11.8. The van der Waals surface area contributed by atoms with Gasteiger partial charge in [0.25, 0.3) is 0 Å². The topological polar surface area (TPSA) is 39.2 Å². The molecule has 1 aliphatic rings. The number of thiazole rings is 1. The van der Waals surface area contributed by atoms with Crippen LogP contribution in [-0.2, 0) is 16.0 Å². The van der Waals surface area contributed by atoms with Crippen molar-refractivity contribution in [3.63, 3.8) is 0 Å². The van der Waals surface area contributed by atoms with Crippen molar-refractivity contribution in [2.75, 3.05) is 0 Å². The molecule has 1 atom stereocenters. The van der Waals surface area contributed by atoms with Crippen molar-refractivity contribution in [2.45, 2.75) is 46.1 Å². The third-order valence-electron chi connectivity index (χ3n) is 3.28. The molecule has 0 aliphatic carbocycles. The number of esters is 1. The predicted molar refractivity (Wildman–Crippen MR) is 72.6 cm³/mol. The lowest BCUT2D eigenvalue weighted by atomic mass is 9.97. The van der Waals surface area contributed by atoms with E-state index >= 15 is 0 Å². The number of aryl methyl sites for hydroxylation is 2. The SMILES string of the molecule is Cc1scnc1CCC1CC=C(C(C)C)C(=O)O1. The summed E-state index contributed by atoms with van der Waals surface area (Å²) in [6.45, 7) is 6.12. The molecule has 0 radical (unpaired) electrons. The van der Waals surface area contributed by atoms with E-state index < -0.39 is 0 Å². The van der Waals surface area contributed by atoms with Gasteiger partial charge in [0.1, 0.15) is 6.10 Å². The van der Waals surface area contributed by atoms with E-state index in [0.717, 1.165) is 30.5 Å². The molecule has 0 aromatic carbocycles. The van der Waals surface area contributed by atoms with Crippen LogP contribution >= 0.6 is 11.3 Å². The summed E-state index contributed by atoms with van der Waals surface area (Å²) in [5.74, 6) is 0.107. The lowest BCUT2D eigenvalue weighted by molar-refractivity contribution is -0.146. The van der Waals surface area contributed by atoms with E-state index in [4.69, 9.17) is 4.74 Å². The molecule has 0 spiro atoms. The minimum absolute atomic E-state index is 0.0149. The molecule has 98 valence electrons. The van der Waals surface area contributed by atoms with Crippen molar-refractivity contribution in [3.05, 3.63) is 27.7 Å². The number of nitrogens with zero attached hydrogens (tertiary/aromatic N) is 1. The van der Waals surface area contributed by atoms with E-state index in [1.54, 1.807) is 11.3 Å². The van der Waals surface area contributed by atoms with Crippen molar-refractivity contribution >= 4 is 17.3 Å². The van der Waals surface area contributed by atoms with Crippen LogP contribution in [0.25, 0.3) is 0 Å². The molecule has 0 N–H and O–H groups in total. The average Bonchev–Trinajstić information content (AvgIpc) is 2.72. The van der Waals surface area contributed by atoms with Crippen LogP contribution in [0.15, 0.2) is 17.2 Å². The third-order valence-corrected chi connectivity index (χ3v) is 4.08. The van der Waals surface area contributed by atoms with Crippen molar-refractivity contribution in [2.24, 2.45) is 5.92 Å². The number of rotatable bonds is 4. The fraction of sp³-hybridized carbons (Fsp3) is 0.571. The summed E-state index contributed by atoms with van der Waals surface area (Å²) < 4.78 is 5.47. The normalized spacial score (nSPS) is 19.9. The van der Waals surface area contributed by atoms with Gasteiger partial charge in [-0.25, -0.2) is 9.78 Å². The minimum atomic E-state index is -0.142. The van der Waals surface area contributed by atoms with Gasteiger partial charge in [-0.05, 0) is 25.7 Å². The number of cyclic esters (lactones) is 1. The molecule has 18 heavy (non-hydrogen) atoms. The monoisotopic (exact) mass is 265 g/mol.